The molecule has 0 aromatic heterocycles. The van der Waals surface area contributed by atoms with Gasteiger partial charge in [-0.25, -0.2) is 8.42 Å². The SMILES string of the molecule is CCCS(=O)(=O)CCCC(=O)O. The molecule has 0 rings (SSSR count). The van der Waals surface area contributed by atoms with E-state index in [9.17, 15) is 13.2 Å². The number of carboxylic acid groups (broad SMARTS) is 1. The lowest BCUT2D eigenvalue weighted by Gasteiger charge is -1.99. The molecule has 0 saturated heterocycles. The van der Waals surface area contributed by atoms with Crippen LogP contribution in [0.1, 0.15) is 26.2 Å². The van der Waals surface area contributed by atoms with Gasteiger partial charge in [-0.3, -0.25) is 4.79 Å². The van der Waals surface area contributed by atoms with E-state index in [0.29, 0.717) is 6.42 Å². The molecule has 0 aliphatic heterocycles. The van der Waals surface area contributed by atoms with Gasteiger partial charge < -0.3 is 5.11 Å². The van der Waals surface area contributed by atoms with E-state index >= 15 is 0 Å². The third-order valence-electron chi connectivity index (χ3n) is 1.36. The summed E-state index contributed by atoms with van der Waals surface area (Å²) < 4.78 is 22.0. The second kappa shape index (κ2) is 5.13. The Hall–Kier alpha value is -0.580. The summed E-state index contributed by atoms with van der Waals surface area (Å²) in [5, 5.41) is 8.25. The van der Waals surface area contributed by atoms with Gasteiger partial charge in [-0.15, -0.1) is 0 Å². The van der Waals surface area contributed by atoms with Crippen molar-refractivity contribution in [2.75, 3.05) is 11.5 Å². The van der Waals surface area contributed by atoms with Crippen LogP contribution >= 0.6 is 0 Å². The summed E-state index contributed by atoms with van der Waals surface area (Å²) in [5.41, 5.74) is 0. The lowest BCUT2D eigenvalue weighted by atomic mass is 10.3. The highest BCUT2D eigenvalue weighted by Crippen LogP contribution is 1.99. The van der Waals surface area contributed by atoms with E-state index in [4.69, 9.17) is 5.11 Å². The first-order valence-corrected chi connectivity index (χ1v) is 5.72. The average Bonchev–Trinajstić information content (AvgIpc) is 1.85. The smallest absolute Gasteiger partial charge is 0.303 e. The summed E-state index contributed by atoms with van der Waals surface area (Å²) in [6.07, 6.45) is 0.746. The van der Waals surface area contributed by atoms with Crippen LogP contribution in [-0.2, 0) is 14.6 Å². The molecule has 0 aliphatic rings. The van der Waals surface area contributed by atoms with Crippen LogP contribution in [-0.4, -0.2) is 31.0 Å². The van der Waals surface area contributed by atoms with E-state index < -0.39 is 15.8 Å². The van der Waals surface area contributed by atoms with Gasteiger partial charge in [0.15, 0.2) is 0 Å². The van der Waals surface area contributed by atoms with E-state index in [0.717, 1.165) is 0 Å². The molecule has 0 saturated carbocycles. The topological polar surface area (TPSA) is 71.4 Å². The summed E-state index contributed by atoms with van der Waals surface area (Å²) >= 11 is 0. The van der Waals surface area contributed by atoms with Crippen LogP contribution in [0.5, 0.6) is 0 Å². The Kier molecular flexibility index (Phi) is 4.89. The second-order valence-corrected chi connectivity index (χ2v) is 4.95. The zero-order valence-electron chi connectivity index (χ0n) is 7.12. The number of sulfone groups is 1. The minimum atomic E-state index is -2.99. The van der Waals surface area contributed by atoms with Gasteiger partial charge in [0.05, 0.1) is 5.75 Å². The molecule has 5 heteroatoms. The van der Waals surface area contributed by atoms with E-state index in [2.05, 4.69) is 0 Å². The maximum Gasteiger partial charge on any atom is 0.303 e. The Labute approximate surface area is 72.5 Å². The van der Waals surface area contributed by atoms with Crippen LogP contribution in [0, 0.1) is 0 Å². The summed E-state index contributed by atoms with van der Waals surface area (Å²) in [6.45, 7) is 1.79. The largest absolute Gasteiger partial charge is 0.481 e. The van der Waals surface area contributed by atoms with Gasteiger partial charge in [0.1, 0.15) is 9.84 Å². The lowest BCUT2D eigenvalue weighted by Crippen LogP contribution is -2.11. The highest BCUT2D eigenvalue weighted by molar-refractivity contribution is 7.91. The Morgan fingerprint density at radius 3 is 2.33 bits per heavy atom. The van der Waals surface area contributed by atoms with Crippen molar-refractivity contribution in [2.45, 2.75) is 26.2 Å². The fourth-order valence-corrected chi connectivity index (χ4v) is 2.27. The summed E-state index contributed by atoms with van der Waals surface area (Å²) in [4.78, 5) is 10.0. The first-order valence-electron chi connectivity index (χ1n) is 3.90. The van der Waals surface area contributed by atoms with Gasteiger partial charge >= 0.3 is 5.97 Å². The molecule has 4 nitrogen and oxygen atoms in total. The first kappa shape index (κ1) is 11.4. The van der Waals surface area contributed by atoms with Crippen LogP contribution in [0.2, 0.25) is 0 Å². The van der Waals surface area contributed by atoms with Crippen molar-refractivity contribution < 1.29 is 18.3 Å². The maximum atomic E-state index is 11.0. The van der Waals surface area contributed by atoms with E-state index in [1.54, 1.807) is 6.92 Å². The van der Waals surface area contributed by atoms with Gasteiger partial charge in [-0.2, -0.15) is 0 Å². The van der Waals surface area contributed by atoms with Crippen molar-refractivity contribution in [3.8, 4) is 0 Å². The Bertz CT molecular complexity index is 230. The van der Waals surface area contributed by atoms with E-state index in [1.165, 1.54) is 0 Å². The van der Waals surface area contributed by atoms with Gasteiger partial charge in [0.2, 0.25) is 0 Å². The molecule has 1 N–H and O–H groups in total. The Balaban J connectivity index is 3.69. The molecule has 0 amide bonds. The molecule has 12 heavy (non-hydrogen) atoms. The monoisotopic (exact) mass is 194 g/mol. The third kappa shape index (κ3) is 6.15. The first-order chi connectivity index (χ1) is 5.48. The third-order valence-corrected chi connectivity index (χ3v) is 3.30. The fraction of sp³-hybridized carbons (Fsp3) is 0.857. The number of carboxylic acids is 1. The molecule has 0 atom stereocenters. The molecular weight excluding hydrogens is 180 g/mol. The molecule has 0 bridgehead atoms. The lowest BCUT2D eigenvalue weighted by molar-refractivity contribution is -0.137. The maximum absolute atomic E-state index is 11.0. The van der Waals surface area contributed by atoms with Gasteiger partial charge in [0, 0.05) is 12.2 Å². The molecule has 0 aromatic carbocycles. The van der Waals surface area contributed by atoms with Gasteiger partial charge in [0.25, 0.3) is 0 Å². The Morgan fingerprint density at radius 1 is 1.33 bits per heavy atom. The van der Waals surface area contributed by atoms with E-state index in [-0.39, 0.29) is 24.3 Å². The normalized spacial score (nSPS) is 11.4. The predicted octanol–water partition coefficient (Wildman–Crippen LogP) is 0.676. The van der Waals surface area contributed by atoms with Gasteiger partial charge in [-0.05, 0) is 12.8 Å². The van der Waals surface area contributed by atoms with Crippen molar-refractivity contribution in [2.24, 2.45) is 0 Å². The van der Waals surface area contributed by atoms with Crippen LogP contribution in [0.25, 0.3) is 0 Å². The number of aliphatic carboxylic acids is 1. The molecule has 0 radical (unpaired) electrons. The summed E-state index contributed by atoms with van der Waals surface area (Å²) in [7, 11) is -2.99. The average molecular weight is 194 g/mol. The standard InChI is InChI=1S/C7H14O4S/c1-2-5-12(10,11)6-3-4-7(8)9/h2-6H2,1H3,(H,8,9). The zero-order chi connectivity index (χ0) is 9.61. The molecular formula is C7H14O4S. The van der Waals surface area contributed by atoms with Crippen molar-refractivity contribution in [3.05, 3.63) is 0 Å². The number of rotatable bonds is 6. The number of hydrogen-bond acceptors (Lipinski definition) is 3. The molecule has 0 aliphatic carbocycles. The zero-order valence-corrected chi connectivity index (χ0v) is 7.93. The number of carbonyl (C=O) groups is 1. The van der Waals surface area contributed by atoms with Gasteiger partial charge in [-0.1, -0.05) is 6.92 Å². The molecule has 0 aromatic rings. The molecule has 0 fully saturated rings. The second-order valence-electron chi connectivity index (χ2n) is 2.65. The minimum absolute atomic E-state index is 0.00681. The molecule has 0 heterocycles. The van der Waals surface area contributed by atoms with Crippen molar-refractivity contribution in [1.29, 1.82) is 0 Å². The van der Waals surface area contributed by atoms with Crippen LogP contribution < -0.4 is 0 Å². The Morgan fingerprint density at radius 2 is 1.92 bits per heavy atom. The molecule has 0 spiro atoms. The summed E-state index contributed by atoms with van der Waals surface area (Å²) in [6, 6.07) is 0. The van der Waals surface area contributed by atoms with Crippen molar-refractivity contribution >= 4 is 15.8 Å². The molecule has 0 unspecified atom stereocenters. The predicted molar refractivity (Wildman–Crippen MR) is 45.8 cm³/mol. The highest BCUT2D eigenvalue weighted by atomic mass is 32.2. The van der Waals surface area contributed by atoms with Crippen molar-refractivity contribution in [3.63, 3.8) is 0 Å². The fourth-order valence-electron chi connectivity index (χ4n) is 0.856. The van der Waals surface area contributed by atoms with Crippen LogP contribution in [0.15, 0.2) is 0 Å². The van der Waals surface area contributed by atoms with Crippen molar-refractivity contribution in [1.82, 2.24) is 0 Å². The van der Waals surface area contributed by atoms with Crippen LogP contribution in [0.4, 0.5) is 0 Å². The summed E-state index contributed by atoms with van der Waals surface area (Å²) in [5.74, 6) is -0.790. The molecule has 72 valence electrons. The van der Waals surface area contributed by atoms with Crippen LogP contribution in [0.3, 0.4) is 0 Å². The minimum Gasteiger partial charge on any atom is -0.481 e. The highest BCUT2D eigenvalue weighted by Gasteiger charge is 2.09. The quantitative estimate of drug-likeness (QED) is 0.674. The number of hydrogen-bond donors (Lipinski definition) is 1. The van der Waals surface area contributed by atoms with E-state index in [1.807, 2.05) is 0 Å².